The first-order valence-electron chi connectivity index (χ1n) is 11.4. The molecule has 0 spiro atoms. The van der Waals surface area contributed by atoms with Gasteiger partial charge in [-0.05, 0) is 88.4 Å². The Kier molecular flexibility index (Phi) is 6.97. The van der Waals surface area contributed by atoms with Gasteiger partial charge in [0.25, 0.3) is 0 Å². The van der Waals surface area contributed by atoms with Crippen LogP contribution in [0.3, 0.4) is 0 Å². The van der Waals surface area contributed by atoms with Crippen LogP contribution in [0, 0.1) is 23.2 Å². The molecule has 5 nitrogen and oxygen atoms in total. The Hall–Kier alpha value is -1.72. The number of ketones is 1. The first-order valence-corrected chi connectivity index (χ1v) is 11.4. The van der Waals surface area contributed by atoms with Crippen LogP contribution in [0.5, 0.6) is 0 Å². The van der Waals surface area contributed by atoms with E-state index in [-0.39, 0.29) is 34.8 Å². The number of esters is 1. The highest BCUT2D eigenvalue weighted by atomic mass is 16.5. The molecule has 5 atom stereocenters. The molecule has 0 aromatic carbocycles. The Balaban J connectivity index is 1.98. The number of hydrogen-bond donors (Lipinski definition) is 0. The highest BCUT2D eigenvalue weighted by Gasteiger charge is 2.55. The molecule has 1 heterocycles. The van der Waals surface area contributed by atoms with Crippen LogP contribution in [-0.2, 0) is 23.8 Å². The topological polar surface area (TPSA) is 61.8 Å². The van der Waals surface area contributed by atoms with Crippen molar-refractivity contribution in [1.82, 2.24) is 0 Å². The van der Waals surface area contributed by atoms with Crippen molar-refractivity contribution in [3.8, 4) is 0 Å². The molecule has 0 amide bonds. The molecule has 1 aliphatic heterocycles. The van der Waals surface area contributed by atoms with Gasteiger partial charge in [0.15, 0.2) is 0 Å². The van der Waals surface area contributed by atoms with E-state index in [1.807, 2.05) is 19.9 Å². The molecule has 0 saturated heterocycles. The van der Waals surface area contributed by atoms with Crippen LogP contribution in [0.2, 0.25) is 0 Å². The third-order valence-corrected chi connectivity index (χ3v) is 7.64. The van der Waals surface area contributed by atoms with Crippen molar-refractivity contribution in [2.45, 2.75) is 78.9 Å². The zero-order valence-electron chi connectivity index (χ0n) is 20.1. The van der Waals surface area contributed by atoms with Gasteiger partial charge in [0.1, 0.15) is 5.78 Å². The van der Waals surface area contributed by atoms with E-state index in [2.05, 4.69) is 20.8 Å². The third kappa shape index (κ3) is 4.88. The smallest absolute Gasteiger partial charge is 0.335 e. The second kappa shape index (κ2) is 9.03. The summed E-state index contributed by atoms with van der Waals surface area (Å²) in [4.78, 5) is 23.9. The van der Waals surface area contributed by atoms with E-state index < -0.39 is 0 Å². The number of rotatable bonds is 7. The largest absolute Gasteiger partial charge is 0.432 e. The van der Waals surface area contributed by atoms with E-state index >= 15 is 0 Å². The van der Waals surface area contributed by atoms with Crippen molar-refractivity contribution >= 4 is 11.8 Å². The molecule has 0 N–H and O–H groups in total. The summed E-state index contributed by atoms with van der Waals surface area (Å²) >= 11 is 0. The highest BCUT2D eigenvalue weighted by molar-refractivity contribution is 5.83. The average molecular weight is 431 g/mol. The van der Waals surface area contributed by atoms with Crippen LogP contribution in [-0.4, -0.2) is 37.2 Å². The quantitative estimate of drug-likeness (QED) is 0.242. The lowest BCUT2D eigenvalue weighted by molar-refractivity contribution is -0.132. The molecule has 31 heavy (non-hydrogen) atoms. The molecule has 1 saturated carbocycles. The fourth-order valence-electron chi connectivity index (χ4n) is 5.95. The van der Waals surface area contributed by atoms with E-state index in [0.29, 0.717) is 24.9 Å². The van der Waals surface area contributed by atoms with Crippen molar-refractivity contribution in [1.29, 1.82) is 0 Å². The molecule has 2 bridgehead atoms. The lowest BCUT2D eigenvalue weighted by atomic mass is 9.51. The molecule has 0 unspecified atom stereocenters. The van der Waals surface area contributed by atoms with Gasteiger partial charge in [-0.3, -0.25) is 4.79 Å². The number of carbonyl (C=O) groups is 2. The summed E-state index contributed by atoms with van der Waals surface area (Å²) in [6.07, 6.45) is 8.44. The van der Waals surface area contributed by atoms with Gasteiger partial charge in [-0.2, -0.15) is 0 Å². The van der Waals surface area contributed by atoms with Crippen molar-refractivity contribution in [3.63, 3.8) is 0 Å². The second-order valence-corrected chi connectivity index (χ2v) is 10.6. The first-order chi connectivity index (χ1) is 14.5. The molecule has 3 aliphatic rings. The molecule has 0 radical (unpaired) electrons. The molecular weight excluding hydrogens is 392 g/mol. The van der Waals surface area contributed by atoms with E-state index in [1.54, 1.807) is 14.0 Å². The lowest BCUT2D eigenvalue weighted by Crippen LogP contribution is -2.49. The Morgan fingerprint density at radius 1 is 1.26 bits per heavy atom. The fraction of sp³-hybridized carbons (Fsp3) is 0.692. The van der Waals surface area contributed by atoms with Crippen LogP contribution in [0.15, 0.2) is 35.1 Å². The SMILES string of the molecule is COC(C)(C)[C@H]1CC[C@@]2(C)C[C@@H]1C1=C([C@H](CC(C)=O)OC1)[C@@H]2/C=C/OC(=O)C=C(C)C. The summed E-state index contributed by atoms with van der Waals surface area (Å²) < 4.78 is 17.4. The van der Waals surface area contributed by atoms with Gasteiger partial charge in [0, 0.05) is 25.5 Å². The maximum Gasteiger partial charge on any atom is 0.335 e. The van der Waals surface area contributed by atoms with Gasteiger partial charge < -0.3 is 14.2 Å². The Bertz CT molecular complexity index is 814. The molecule has 3 rings (SSSR count). The van der Waals surface area contributed by atoms with Crippen LogP contribution >= 0.6 is 0 Å². The van der Waals surface area contributed by atoms with Gasteiger partial charge in [0.2, 0.25) is 0 Å². The molecule has 5 heteroatoms. The van der Waals surface area contributed by atoms with Crippen molar-refractivity contribution < 1.29 is 23.8 Å². The van der Waals surface area contributed by atoms with Crippen LogP contribution in [0.4, 0.5) is 0 Å². The molecule has 1 fully saturated rings. The van der Waals surface area contributed by atoms with Crippen LogP contribution in [0.25, 0.3) is 0 Å². The first kappa shape index (κ1) is 23.9. The molecular formula is C26H38O5. The standard InChI is InChI=1S/C26H38O5/c1-16(2)12-23(28)30-11-9-21-24-19(15-31-22(24)13-17(3)27)18-14-26(21,6)10-8-20(18)25(4,5)29-7/h9,11-12,18,20-22H,8,10,13-15H2,1-7H3/b11-9+/t18-,20+,21+,22+,26+/m1/s1. The van der Waals surface area contributed by atoms with Crippen LogP contribution in [0.1, 0.15) is 67.2 Å². The summed E-state index contributed by atoms with van der Waals surface area (Å²) in [7, 11) is 1.79. The van der Waals surface area contributed by atoms with Crippen LogP contribution < -0.4 is 0 Å². The Morgan fingerprint density at radius 2 is 1.97 bits per heavy atom. The summed E-state index contributed by atoms with van der Waals surface area (Å²) in [5.41, 5.74) is 3.29. The summed E-state index contributed by atoms with van der Waals surface area (Å²) in [5.74, 6) is 0.662. The summed E-state index contributed by atoms with van der Waals surface area (Å²) in [5, 5.41) is 0. The zero-order valence-corrected chi connectivity index (χ0v) is 20.1. The minimum atomic E-state index is -0.363. The fourth-order valence-corrected chi connectivity index (χ4v) is 5.95. The van der Waals surface area contributed by atoms with E-state index in [4.69, 9.17) is 14.2 Å². The molecule has 2 aliphatic carbocycles. The number of Topliss-reactive ketones (excluding diaryl/α,β-unsaturated/α-hetero) is 1. The van der Waals surface area contributed by atoms with Crippen molar-refractivity contribution in [2.24, 2.45) is 23.2 Å². The maximum atomic E-state index is 12.0. The van der Waals surface area contributed by atoms with Gasteiger partial charge in [-0.15, -0.1) is 0 Å². The van der Waals surface area contributed by atoms with Crippen molar-refractivity contribution in [2.75, 3.05) is 13.7 Å². The monoisotopic (exact) mass is 430 g/mol. The van der Waals surface area contributed by atoms with E-state index in [0.717, 1.165) is 24.8 Å². The minimum Gasteiger partial charge on any atom is -0.432 e. The molecule has 0 aromatic heterocycles. The van der Waals surface area contributed by atoms with Gasteiger partial charge in [-0.25, -0.2) is 4.79 Å². The predicted octanol–water partition coefficient (Wildman–Crippen LogP) is 5.16. The summed E-state index contributed by atoms with van der Waals surface area (Å²) in [6, 6.07) is 0. The summed E-state index contributed by atoms with van der Waals surface area (Å²) in [6.45, 7) is 12.6. The molecule has 172 valence electrons. The second-order valence-electron chi connectivity index (χ2n) is 10.6. The van der Waals surface area contributed by atoms with Gasteiger partial charge >= 0.3 is 5.97 Å². The average Bonchev–Trinajstić information content (AvgIpc) is 3.06. The zero-order chi connectivity index (χ0) is 23.0. The van der Waals surface area contributed by atoms with E-state index in [1.165, 1.54) is 23.5 Å². The number of methoxy groups -OCH3 is 1. The molecule has 0 aromatic rings. The van der Waals surface area contributed by atoms with Crippen molar-refractivity contribution in [3.05, 3.63) is 35.1 Å². The maximum absolute atomic E-state index is 12.0. The van der Waals surface area contributed by atoms with Gasteiger partial charge in [-0.1, -0.05) is 12.5 Å². The Morgan fingerprint density at radius 3 is 2.58 bits per heavy atom. The number of ether oxygens (including phenoxy) is 3. The minimum absolute atomic E-state index is 0.0337. The number of carbonyl (C=O) groups excluding carboxylic acids is 2. The van der Waals surface area contributed by atoms with Gasteiger partial charge in [0.05, 0.1) is 24.6 Å². The number of fused-ring (bicyclic) bond motifs is 3. The Labute approximate surface area is 186 Å². The third-order valence-electron chi connectivity index (χ3n) is 7.64. The highest BCUT2D eigenvalue weighted by Crippen LogP contribution is 2.60. The number of allylic oxidation sites excluding steroid dienone is 2. The number of hydrogen-bond acceptors (Lipinski definition) is 5. The van der Waals surface area contributed by atoms with E-state index in [9.17, 15) is 9.59 Å². The lowest BCUT2D eigenvalue weighted by Gasteiger charge is -2.54. The predicted molar refractivity (Wildman–Crippen MR) is 120 cm³/mol. The normalized spacial score (nSPS) is 32.7.